The van der Waals surface area contributed by atoms with Gasteiger partial charge in [-0.1, -0.05) is 19.9 Å². The SMILES string of the molecule is CC.O=c1[nH]nc2c3c(cccc13)Oc1ccc(S(=O)(=O)NCCN3CCOCC3)cc1-2. The Balaban J connectivity index is 0.00000119. The molecule has 0 unspecified atom stereocenters. The Labute approximate surface area is 186 Å². The molecule has 1 fully saturated rings. The second-order valence-corrected chi connectivity index (χ2v) is 8.96. The van der Waals surface area contributed by atoms with Gasteiger partial charge in [0.25, 0.3) is 5.56 Å². The van der Waals surface area contributed by atoms with E-state index >= 15 is 0 Å². The van der Waals surface area contributed by atoms with E-state index < -0.39 is 10.0 Å². The second kappa shape index (κ2) is 9.37. The number of benzene rings is 2. The third-order valence-corrected chi connectivity index (χ3v) is 6.80. The van der Waals surface area contributed by atoms with E-state index in [1.807, 2.05) is 13.8 Å². The molecule has 2 N–H and O–H groups in total. The molecular weight excluding hydrogens is 432 g/mol. The number of nitrogens with zero attached hydrogens (tertiary/aromatic N) is 2. The van der Waals surface area contributed by atoms with Crippen molar-refractivity contribution in [2.75, 3.05) is 39.4 Å². The highest BCUT2D eigenvalue weighted by atomic mass is 32.2. The van der Waals surface area contributed by atoms with Crippen LogP contribution < -0.4 is 15.0 Å². The van der Waals surface area contributed by atoms with Crippen LogP contribution >= 0.6 is 0 Å². The van der Waals surface area contributed by atoms with E-state index in [2.05, 4.69) is 19.8 Å². The zero-order valence-electron chi connectivity index (χ0n) is 18.1. The molecule has 5 rings (SSSR count). The maximum absolute atomic E-state index is 12.8. The fraction of sp³-hybridized carbons (Fsp3) is 0.364. The highest BCUT2D eigenvalue weighted by molar-refractivity contribution is 7.89. The summed E-state index contributed by atoms with van der Waals surface area (Å²) in [5.41, 5.74) is 0.689. The topological polar surface area (TPSA) is 114 Å². The minimum Gasteiger partial charge on any atom is -0.456 e. The molecule has 10 heteroatoms. The fourth-order valence-electron chi connectivity index (χ4n) is 3.78. The first kappa shape index (κ1) is 22.4. The lowest BCUT2D eigenvalue weighted by atomic mass is 10.0. The largest absolute Gasteiger partial charge is 0.456 e. The molecule has 170 valence electrons. The maximum atomic E-state index is 12.8. The van der Waals surface area contributed by atoms with Crippen molar-refractivity contribution in [1.29, 1.82) is 0 Å². The molecule has 2 aliphatic heterocycles. The molecule has 0 spiro atoms. The van der Waals surface area contributed by atoms with Crippen molar-refractivity contribution in [3.05, 3.63) is 46.8 Å². The van der Waals surface area contributed by atoms with E-state index in [0.717, 1.165) is 13.1 Å². The Morgan fingerprint density at radius 3 is 2.69 bits per heavy atom. The molecule has 2 aliphatic rings. The number of morpholine rings is 1. The molecule has 3 aromatic rings. The van der Waals surface area contributed by atoms with Crippen LogP contribution in [0.5, 0.6) is 11.5 Å². The van der Waals surface area contributed by atoms with Gasteiger partial charge < -0.3 is 9.47 Å². The number of fused-ring (bicyclic) bond motifs is 2. The molecule has 1 saturated heterocycles. The maximum Gasteiger partial charge on any atom is 0.272 e. The number of hydrogen-bond acceptors (Lipinski definition) is 7. The summed E-state index contributed by atoms with van der Waals surface area (Å²) in [6.07, 6.45) is 0. The van der Waals surface area contributed by atoms with E-state index in [1.54, 1.807) is 24.3 Å². The van der Waals surface area contributed by atoms with Crippen LogP contribution in [0.2, 0.25) is 0 Å². The summed E-state index contributed by atoms with van der Waals surface area (Å²) in [6, 6.07) is 9.83. The van der Waals surface area contributed by atoms with Crippen molar-refractivity contribution in [2.45, 2.75) is 18.7 Å². The van der Waals surface area contributed by atoms with Crippen LogP contribution in [0.4, 0.5) is 0 Å². The van der Waals surface area contributed by atoms with E-state index in [1.165, 1.54) is 12.1 Å². The van der Waals surface area contributed by atoms with Crippen molar-refractivity contribution < 1.29 is 17.9 Å². The minimum atomic E-state index is -3.71. The van der Waals surface area contributed by atoms with Crippen LogP contribution in [-0.2, 0) is 14.8 Å². The molecule has 0 radical (unpaired) electrons. The van der Waals surface area contributed by atoms with Gasteiger partial charge >= 0.3 is 0 Å². The number of aromatic nitrogens is 2. The summed E-state index contributed by atoms with van der Waals surface area (Å²) in [5.74, 6) is 1.01. The van der Waals surface area contributed by atoms with E-state index in [4.69, 9.17) is 9.47 Å². The number of aromatic amines is 1. The van der Waals surface area contributed by atoms with Crippen molar-refractivity contribution in [1.82, 2.24) is 19.8 Å². The van der Waals surface area contributed by atoms with Crippen LogP contribution in [-0.4, -0.2) is 62.9 Å². The average Bonchev–Trinajstić information content (AvgIpc) is 2.82. The molecule has 0 atom stereocenters. The molecule has 9 nitrogen and oxygen atoms in total. The Bertz CT molecular complexity index is 1280. The molecule has 0 aliphatic carbocycles. The summed E-state index contributed by atoms with van der Waals surface area (Å²) in [4.78, 5) is 14.4. The molecule has 0 amide bonds. The van der Waals surface area contributed by atoms with Gasteiger partial charge in [0.05, 0.1) is 28.9 Å². The van der Waals surface area contributed by atoms with Crippen LogP contribution in [0.25, 0.3) is 22.0 Å². The quantitative estimate of drug-likeness (QED) is 0.472. The summed E-state index contributed by atoms with van der Waals surface area (Å²) in [6.45, 7) is 7.85. The summed E-state index contributed by atoms with van der Waals surface area (Å²) < 4.78 is 39.5. The Morgan fingerprint density at radius 1 is 1.12 bits per heavy atom. The summed E-state index contributed by atoms with van der Waals surface area (Å²) in [7, 11) is -3.71. The zero-order valence-corrected chi connectivity index (χ0v) is 18.9. The second-order valence-electron chi connectivity index (χ2n) is 7.19. The van der Waals surface area contributed by atoms with Crippen LogP contribution in [0.15, 0.2) is 46.1 Å². The molecule has 0 saturated carbocycles. The minimum absolute atomic E-state index is 0.118. The van der Waals surface area contributed by atoms with Gasteiger partial charge in [0.1, 0.15) is 17.2 Å². The lowest BCUT2D eigenvalue weighted by molar-refractivity contribution is 0.0390. The predicted octanol–water partition coefficient (Wildman–Crippen LogP) is 2.33. The third-order valence-electron chi connectivity index (χ3n) is 5.34. The highest BCUT2D eigenvalue weighted by Crippen LogP contribution is 2.44. The summed E-state index contributed by atoms with van der Waals surface area (Å²) >= 11 is 0. The highest BCUT2D eigenvalue weighted by Gasteiger charge is 2.25. The Hall–Kier alpha value is -2.79. The van der Waals surface area contributed by atoms with Crippen molar-refractivity contribution >= 4 is 20.8 Å². The lowest BCUT2D eigenvalue weighted by Crippen LogP contribution is -2.41. The summed E-state index contributed by atoms with van der Waals surface area (Å²) in [5, 5.41) is 7.67. The average molecular weight is 459 g/mol. The van der Waals surface area contributed by atoms with Gasteiger partial charge in [-0.05, 0) is 30.3 Å². The Morgan fingerprint density at radius 2 is 1.91 bits per heavy atom. The first-order valence-corrected chi connectivity index (χ1v) is 12.1. The third kappa shape index (κ3) is 4.26. The number of nitrogens with one attached hydrogen (secondary N) is 2. The van der Waals surface area contributed by atoms with E-state index in [0.29, 0.717) is 59.8 Å². The number of hydrogen-bond donors (Lipinski definition) is 2. The van der Waals surface area contributed by atoms with E-state index in [9.17, 15) is 13.2 Å². The van der Waals surface area contributed by atoms with Crippen molar-refractivity contribution in [2.24, 2.45) is 0 Å². The molecule has 3 heterocycles. The van der Waals surface area contributed by atoms with Gasteiger partial charge in [-0.3, -0.25) is 9.69 Å². The van der Waals surface area contributed by atoms with Gasteiger partial charge in [-0.25, -0.2) is 18.2 Å². The normalized spacial score (nSPS) is 15.4. The van der Waals surface area contributed by atoms with Gasteiger partial charge in [-0.2, -0.15) is 5.10 Å². The Kier molecular flexibility index (Phi) is 6.56. The number of rotatable bonds is 5. The van der Waals surface area contributed by atoms with Crippen molar-refractivity contribution in [3.63, 3.8) is 0 Å². The molecule has 2 aromatic carbocycles. The molecule has 1 aromatic heterocycles. The van der Waals surface area contributed by atoms with Gasteiger partial charge in [-0.15, -0.1) is 0 Å². The van der Waals surface area contributed by atoms with Gasteiger partial charge in [0.2, 0.25) is 10.0 Å². The van der Waals surface area contributed by atoms with Gasteiger partial charge in [0.15, 0.2) is 0 Å². The number of H-pyrrole nitrogens is 1. The first-order chi connectivity index (χ1) is 15.5. The first-order valence-electron chi connectivity index (χ1n) is 10.7. The lowest BCUT2D eigenvalue weighted by Gasteiger charge is -2.26. The molecule has 32 heavy (non-hydrogen) atoms. The number of ether oxygens (including phenoxy) is 2. The van der Waals surface area contributed by atoms with Crippen LogP contribution in [0, 0.1) is 0 Å². The zero-order chi connectivity index (χ0) is 22.7. The monoisotopic (exact) mass is 458 g/mol. The molecular formula is C22H26N4O5S. The van der Waals surface area contributed by atoms with Crippen LogP contribution in [0.1, 0.15) is 13.8 Å². The number of sulfonamides is 1. The molecule has 0 bridgehead atoms. The predicted molar refractivity (Wildman–Crippen MR) is 122 cm³/mol. The van der Waals surface area contributed by atoms with Crippen molar-refractivity contribution in [3.8, 4) is 22.8 Å². The standard InChI is InChI=1S/C20H20N4O5S.C2H6/c25-20-14-2-1-3-17-18(14)19(22-23-20)15-12-13(4-5-16(15)29-17)30(26,27)21-6-7-24-8-10-28-11-9-24;1-2/h1-5,12,21H,6-11H2,(H,23,25);1-2H3. The van der Waals surface area contributed by atoms with E-state index in [-0.39, 0.29) is 10.5 Å². The van der Waals surface area contributed by atoms with Crippen LogP contribution in [0.3, 0.4) is 0 Å². The smallest absolute Gasteiger partial charge is 0.272 e. The van der Waals surface area contributed by atoms with Gasteiger partial charge in [0, 0.05) is 31.7 Å². The fourth-order valence-corrected chi connectivity index (χ4v) is 4.83.